The van der Waals surface area contributed by atoms with Crippen LogP contribution in [0.1, 0.15) is 40.8 Å². The van der Waals surface area contributed by atoms with Crippen LogP contribution in [0.5, 0.6) is 0 Å². The summed E-state index contributed by atoms with van der Waals surface area (Å²) in [5.41, 5.74) is 2.38. The molecule has 3 aromatic carbocycles. The van der Waals surface area contributed by atoms with Crippen molar-refractivity contribution in [1.29, 1.82) is 0 Å². The Hall–Kier alpha value is -3.26. The number of aromatic nitrogens is 2. The fourth-order valence-electron chi connectivity index (χ4n) is 7.29. The van der Waals surface area contributed by atoms with Gasteiger partial charge in [-0.1, -0.05) is 61.3 Å². The largest absolute Gasteiger partial charge is 0.394 e. The number of aliphatic hydroxyl groups is 3. The molecule has 1 saturated heterocycles. The van der Waals surface area contributed by atoms with Gasteiger partial charge >= 0.3 is 0 Å². The van der Waals surface area contributed by atoms with Crippen LogP contribution in [0.2, 0.25) is 10.0 Å². The molecule has 0 bridgehead atoms. The molecular formula is C33H34Cl2N4O7. The van der Waals surface area contributed by atoms with Crippen molar-refractivity contribution in [2.45, 2.75) is 44.5 Å². The number of likely N-dealkylation sites (N-methyl/N-ethyl adjacent to an activating group) is 1. The summed E-state index contributed by atoms with van der Waals surface area (Å²) in [4.78, 5) is 35.6. The number of aromatic amines is 1. The van der Waals surface area contributed by atoms with E-state index in [1.807, 2.05) is 19.9 Å². The van der Waals surface area contributed by atoms with Crippen molar-refractivity contribution in [3.63, 3.8) is 0 Å². The first-order valence-electron chi connectivity index (χ1n) is 15.3. The Morgan fingerprint density at radius 2 is 1.57 bits per heavy atom. The molecule has 4 N–H and O–H groups in total. The molecule has 46 heavy (non-hydrogen) atoms. The van der Waals surface area contributed by atoms with Gasteiger partial charge in [0.2, 0.25) is 0 Å². The number of carbonyl (C=O) groups is 2. The lowest BCUT2D eigenvalue weighted by atomic mass is 9.96. The van der Waals surface area contributed by atoms with Crippen molar-refractivity contribution >= 4 is 78.6 Å². The van der Waals surface area contributed by atoms with Crippen LogP contribution in [0.25, 0.3) is 43.6 Å². The van der Waals surface area contributed by atoms with Crippen molar-refractivity contribution in [2.24, 2.45) is 0 Å². The van der Waals surface area contributed by atoms with E-state index in [2.05, 4.69) is 9.88 Å². The van der Waals surface area contributed by atoms with E-state index in [-0.39, 0.29) is 17.7 Å². The number of para-hydroxylation sites is 2. The molecule has 0 radical (unpaired) electrons. The van der Waals surface area contributed by atoms with Gasteiger partial charge in [-0.2, -0.15) is 0 Å². The Morgan fingerprint density at radius 1 is 0.913 bits per heavy atom. The van der Waals surface area contributed by atoms with E-state index >= 15 is 0 Å². The topological polar surface area (TPSA) is 140 Å². The van der Waals surface area contributed by atoms with E-state index in [1.54, 1.807) is 34.9 Å². The highest BCUT2D eigenvalue weighted by Gasteiger charge is 2.48. The lowest BCUT2D eigenvalue weighted by Crippen LogP contribution is -2.57. The van der Waals surface area contributed by atoms with Gasteiger partial charge in [-0.15, -0.1) is 0 Å². The zero-order chi connectivity index (χ0) is 32.6. The van der Waals surface area contributed by atoms with Crippen molar-refractivity contribution in [3.8, 4) is 0 Å². The number of nitrogens with one attached hydrogen (secondary N) is 1. The third-order valence-corrected chi connectivity index (χ3v) is 10.2. The van der Waals surface area contributed by atoms with Gasteiger partial charge in [0.05, 0.1) is 49.8 Å². The van der Waals surface area contributed by atoms with E-state index in [1.165, 1.54) is 12.0 Å². The van der Waals surface area contributed by atoms with Gasteiger partial charge < -0.3 is 39.2 Å². The van der Waals surface area contributed by atoms with Gasteiger partial charge in [0.1, 0.15) is 24.4 Å². The third-order valence-electron chi connectivity index (χ3n) is 9.56. The second-order valence-corrected chi connectivity index (χ2v) is 12.5. The van der Waals surface area contributed by atoms with Crippen LogP contribution in [-0.4, -0.2) is 111 Å². The first-order valence-corrected chi connectivity index (χ1v) is 16.1. The van der Waals surface area contributed by atoms with Crippen molar-refractivity contribution < 1.29 is 34.4 Å². The number of nitrogens with zero attached hydrogens (tertiary/aromatic N) is 3. The Kier molecular flexibility index (Phi) is 8.02. The number of methoxy groups -OCH3 is 1. The summed E-state index contributed by atoms with van der Waals surface area (Å²) < 4.78 is 13.3. The second kappa shape index (κ2) is 11.8. The number of hydrogen-bond acceptors (Lipinski definition) is 8. The molecule has 5 aromatic rings. The third kappa shape index (κ3) is 4.34. The maximum absolute atomic E-state index is 14.4. The zero-order valence-electron chi connectivity index (χ0n) is 25.5. The molecule has 2 aliphatic heterocycles. The normalized spacial score (nSPS) is 23.7. The highest BCUT2D eigenvalue weighted by molar-refractivity contribution is 6.43. The van der Waals surface area contributed by atoms with Crippen LogP contribution >= 0.6 is 23.2 Å². The Morgan fingerprint density at radius 3 is 2.22 bits per heavy atom. The van der Waals surface area contributed by atoms with Gasteiger partial charge in [0, 0.05) is 41.7 Å². The summed E-state index contributed by atoms with van der Waals surface area (Å²) >= 11 is 13.6. The Bertz CT molecular complexity index is 2040. The Labute approximate surface area is 273 Å². The molecule has 13 heteroatoms. The molecule has 5 atom stereocenters. The number of halogens is 2. The Balaban J connectivity index is 1.61. The van der Waals surface area contributed by atoms with Crippen molar-refractivity contribution in [1.82, 2.24) is 19.4 Å². The first-order chi connectivity index (χ1) is 22.2. The number of carbonyl (C=O) groups excluding carboxylic acids is 2. The summed E-state index contributed by atoms with van der Waals surface area (Å²) in [5, 5.41) is 35.7. The molecular weight excluding hydrogens is 635 g/mol. The van der Waals surface area contributed by atoms with Gasteiger partial charge in [-0.05, 0) is 25.2 Å². The van der Waals surface area contributed by atoms with E-state index in [9.17, 15) is 24.9 Å². The average molecular weight is 670 g/mol. The van der Waals surface area contributed by atoms with Gasteiger partial charge in [0.15, 0.2) is 6.23 Å². The monoisotopic (exact) mass is 668 g/mol. The number of fused-ring (bicyclic) bond motifs is 10. The van der Waals surface area contributed by atoms with Crippen molar-refractivity contribution in [2.75, 3.05) is 39.9 Å². The van der Waals surface area contributed by atoms with Crippen LogP contribution in [0, 0.1) is 0 Å². The predicted octanol–water partition coefficient (Wildman–Crippen LogP) is 4.30. The number of ether oxygens (including phenoxy) is 2. The highest BCUT2D eigenvalue weighted by atomic mass is 35.5. The maximum Gasteiger partial charge on any atom is 0.262 e. The molecule has 2 aliphatic rings. The highest BCUT2D eigenvalue weighted by Crippen LogP contribution is 2.49. The standard InChI is InChI=1S/C33H34Cl2N4O7/c1-4-37(5-2)12-13-38-31(43)22-20-15-8-6-10-17(34)24(15)36-25(20)27-21(23(22)32(38)44)16-9-7-11-18(35)26(16)39(27)33-29(42)28(41)30(45-3)19(14-40)46-33/h6-11,19,28-30,33,36,40-42H,4-5,12-14H2,1-3H3/t19-,28-,29+,30+,33+/m0/s1. The van der Waals surface area contributed by atoms with E-state index < -0.39 is 49.1 Å². The van der Waals surface area contributed by atoms with Crippen LogP contribution in [-0.2, 0) is 9.47 Å². The zero-order valence-corrected chi connectivity index (χ0v) is 27.0. The van der Waals surface area contributed by atoms with Crippen LogP contribution in [0.4, 0.5) is 0 Å². The van der Waals surface area contributed by atoms with Crippen molar-refractivity contribution in [3.05, 3.63) is 57.6 Å². The number of aliphatic hydroxyl groups excluding tert-OH is 3. The van der Waals surface area contributed by atoms with E-state index in [0.29, 0.717) is 60.2 Å². The number of rotatable bonds is 8. The predicted molar refractivity (Wildman–Crippen MR) is 176 cm³/mol. The summed E-state index contributed by atoms with van der Waals surface area (Å²) in [7, 11) is 1.36. The molecule has 4 heterocycles. The molecule has 242 valence electrons. The van der Waals surface area contributed by atoms with Crippen LogP contribution in [0.15, 0.2) is 36.4 Å². The molecule has 0 spiro atoms. The average Bonchev–Trinajstić information content (AvgIpc) is 3.68. The smallest absolute Gasteiger partial charge is 0.262 e. The summed E-state index contributed by atoms with van der Waals surface area (Å²) in [6.07, 6.45) is -6.23. The minimum Gasteiger partial charge on any atom is -0.394 e. The molecule has 7 rings (SSSR count). The summed E-state index contributed by atoms with van der Waals surface area (Å²) in [6, 6.07) is 10.6. The quantitative estimate of drug-likeness (QED) is 0.180. The number of hydrogen-bond donors (Lipinski definition) is 4. The minimum atomic E-state index is -1.53. The van der Waals surface area contributed by atoms with E-state index in [4.69, 9.17) is 32.7 Å². The fraction of sp³-hybridized carbons (Fsp3) is 0.394. The molecule has 2 aromatic heterocycles. The van der Waals surface area contributed by atoms with Gasteiger partial charge in [-0.3, -0.25) is 14.5 Å². The van der Waals surface area contributed by atoms with Crippen LogP contribution < -0.4 is 0 Å². The fourth-order valence-corrected chi connectivity index (χ4v) is 7.78. The molecule has 0 saturated carbocycles. The SMILES string of the molecule is CCN(CC)CCN1C(=O)c2c(c3c4cccc(Cl)c4n([C@@H]4O[C@@H](CO)[C@@H](OC)[C@@H](O)[C@H]4O)c3c3[nH]c4c(Cl)cccc4c23)C1=O. The lowest BCUT2D eigenvalue weighted by Gasteiger charge is -2.42. The number of imide groups is 1. The van der Waals surface area contributed by atoms with Gasteiger partial charge in [-0.25, -0.2) is 0 Å². The molecule has 2 amide bonds. The number of benzene rings is 3. The second-order valence-electron chi connectivity index (χ2n) is 11.7. The molecule has 11 nitrogen and oxygen atoms in total. The van der Waals surface area contributed by atoms with Gasteiger partial charge in [0.25, 0.3) is 11.8 Å². The maximum atomic E-state index is 14.4. The number of amides is 2. The number of H-pyrrole nitrogens is 1. The van der Waals surface area contributed by atoms with Crippen LogP contribution in [0.3, 0.4) is 0 Å². The molecule has 1 fully saturated rings. The summed E-state index contributed by atoms with van der Waals surface area (Å²) in [6.45, 7) is 5.83. The van der Waals surface area contributed by atoms with E-state index in [0.717, 1.165) is 13.1 Å². The molecule has 0 unspecified atom stereocenters. The summed E-state index contributed by atoms with van der Waals surface area (Å²) in [5.74, 6) is -0.845. The minimum absolute atomic E-state index is 0.201. The first kappa shape index (κ1) is 31.3. The molecule has 0 aliphatic carbocycles. The lowest BCUT2D eigenvalue weighted by molar-refractivity contribution is -0.255.